The van der Waals surface area contributed by atoms with Gasteiger partial charge in [0.1, 0.15) is 5.65 Å². The van der Waals surface area contributed by atoms with Gasteiger partial charge in [-0.3, -0.25) is 4.40 Å². The number of imidazole rings is 1. The Bertz CT molecular complexity index is 2000. The molecule has 0 amide bonds. The van der Waals surface area contributed by atoms with E-state index in [1.807, 2.05) is 28.9 Å². The molecular weight excluding hydrogens is 416 g/mol. The molecule has 0 radical (unpaired) electrons. The van der Waals surface area contributed by atoms with Crippen molar-refractivity contribution in [1.29, 1.82) is 0 Å². The topological polar surface area (TPSA) is 17.3 Å². The van der Waals surface area contributed by atoms with Crippen molar-refractivity contribution in [3.05, 3.63) is 85.2 Å². The van der Waals surface area contributed by atoms with Crippen LogP contribution in [0.4, 0.5) is 0 Å². The molecule has 4 aromatic carbocycles. The molecule has 0 saturated heterocycles. The van der Waals surface area contributed by atoms with Crippen molar-refractivity contribution >= 4 is 90.3 Å². The lowest BCUT2D eigenvalue weighted by molar-refractivity contribution is 1.28. The first kappa shape index (κ1) is 16.3. The molecule has 0 aliphatic rings. The van der Waals surface area contributed by atoms with Gasteiger partial charge in [-0.05, 0) is 11.5 Å². The highest BCUT2D eigenvalue weighted by atomic mass is 32.1. The van der Waals surface area contributed by atoms with Crippen molar-refractivity contribution < 1.29 is 0 Å². The number of hydrogen-bond acceptors (Lipinski definition) is 3. The maximum absolute atomic E-state index is 4.71. The van der Waals surface area contributed by atoms with Crippen LogP contribution in [0.25, 0.3) is 67.7 Å². The Balaban J connectivity index is 1.65. The predicted molar refractivity (Wildman–Crippen MR) is 136 cm³/mol. The molecule has 0 spiro atoms. The molecule has 4 aromatic heterocycles. The Hall–Kier alpha value is -3.47. The first-order chi connectivity index (χ1) is 15.4. The fourth-order valence-electron chi connectivity index (χ4n) is 5.12. The summed E-state index contributed by atoms with van der Waals surface area (Å²) >= 11 is 3.84. The smallest absolute Gasteiger partial charge is 0.145 e. The number of benzene rings is 4. The molecule has 144 valence electrons. The summed E-state index contributed by atoms with van der Waals surface area (Å²) in [6, 6.07) is 26.6. The van der Waals surface area contributed by atoms with Gasteiger partial charge in [0.2, 0.25) is 0 Å². The molecule has 0 aliphatic heterocycles. The minimum atomic E-state index is 1.03. The van der Waals surface area contributed by atoms with Crippen LogP contribution in [0, 0.1) is 0 Å². The van der Waals surface area contributed by atoms with E-state index in [0.29, 0.717) is 0 Å². The average molecular weight is 431 g/mol. The van der Waals surface area contributed by atoms with E-state index in [1.54, 1.807) is 0 Å². The van der Waals surface area contributed by atoms with Gasteiger partial charge in [0.15, 0.2) is 0 Å². The molecule has 0 aliphatic carbocycles. The number of nitrogens with zero attached hydrogens (tertiary/aromatic N) is 2. The summed E-state index contributed by atoms with van der Waals surface area (Å²) in [5, 5.41) is 9.15. The molecule has 0 unspecified atom stereocenters. The zero-order valence-electron chi connectivity index (χ0n) is 16.3. The Morgan fingerprint density at radius 3 is 2.06 bits per heavy atom. The first-order valence-electron chi connectivity index (χ1n) is 10.3. The van der Waals surface area contributed by atoms with Crippen molar-refractivity contribution in [3.63, 3.8) is 0 Å². The molecule has 0 fully saturated rings. The summed E-state index contributed by atoms with van der Waals surface area (Å²) in [6.07, 6.45) is 4.01. The zero-order chi connectivity index (χ0) is 20.1. The molecule has 8 rings (SSSR count). The molecule has 0 atom stereocenters. The van der Waals surface area contributed by atoms with Crippen LogP contribution < -0.4 is 0 Å². The van der Waals surface area contributed by atoms with Crippen LogP contribution >= 0.6 is 22.7 Å². The fraction of sp³-hybridized carbons (Fsp3) is 0. The van der Waals surface area contributed by atoms with Crippen LogP contribution in [-0.4, -0.2) is 9.38 Å². The highest BCUT2D eigenvalue weighted by Crippen LogP contribution is 2.46. The summed E-state index contributed by atoms with van der Waals surface area (Å²) in [7, 11) is 0. The molecule has 8 aromatic rings. The van der Waals surface area contributed by atoms with Gasteiger partial charge in [0.05, 0.1) is 19.6 Å². The van der Waals surface area contributed by atoms with E-state index in [-0.39, 0.29) is 0 Å². The van der Waals surface area contributed by atoms with Crippen LogP contribution in [0.5, 0.6) is 0 Å². The minimum absolute atomic E-state index is 1.03. The molecule has 2 nitrogen and oxygen atoms in total. The SMILES string of the molecule is c1ccc2c(c1)sc1c2ccc2c3ccc4c5ccccc5c5nccn5c4c3sc21. The number of thiophene rings is 2. The summed E-state index contributed by atoms with van der Waals surface area (Å²) in [5.74, 6) is 0. The van der Waals surface area contributed by atoms with Gasteiger partial charge >= 0.3 is 0 Å². The van der Waals surface area contributed by atoms with Crippen molar-refractivity contribution in [2.24, 2.45) is 0 Å². The summed E-state index contributed by atoms with van der Waals surface area (Å²) < 4.78 is 7.76. The normalized spacial score (nSPS) is 12.5. The maximum Gasteiger partial charge on any atom is 0.145 e. The number of hydrogen-bond donors (Lipinski definition) is 0. The van der Waals surface area contributed by atoms with Crippen molar-refractivity contribution in [2.45, 2.75) is 0 Å². The molecule has 4 heteroatoms. The molecule has 0 N–H and O–H groups in total. The first-order valence-corrected chi connectivity index (χ1v) is 11.9. The lowest BCUT2D eigenvalue weighted by Gasteiger charge is -2.09. The average Bonchev–Trinajstić information content (AvgIpc) is 3.53. The maximum atomic E-state index is 4.71. The quantitative estimate of drug-likeness (QED) is 0.221. The van der Waals surface area contributed by atoms with Gasteiger partial charge in [-0.15, -0.1) is 22.7 Å². The summed E-state index contributed by atoms with van der Waals surface area (Å²) in [5.41, 5.74) is 2.29. The Morgan fingerprint density at radius 1 is 0.548 bits per heavy atom. The van der Waals surface area contributed by atoms with E-state index in [9.17, 15) is 0 Å². The monoisotopic (exact) mass is 430 g/mol. The van der Waals surface area contributed by atoms with Crippen LogP contribution in [0.3, 0.4) is 0 Å². The summed E-state index contributed by atoms with van der Waals surface area (Å²) in [4.78, 5) is 4.71. The van der Waals surface area contributed by atoms with Crippen LogP contribution in [0.1, 0.15) is 0 Å². The molecule has 4 heterocycles. The second kappa shape index (κ2) is 5.61. The van der Waals surface area contributed by atoms with Gasteiger partial charge in [-0.25, -0.2) is 4.98 Å². The third-order valence-electron chi connectivity index (χ3n) is 6.47. The van der Waals surface area contributed by atoms with Gasteiger partial charge in [0, 0.05) is 49.4 Å². The largest absolute Gasteiger partial charge is 0.298 e. The number of aromatic nitrogens is 2. The fourth-order valence-corrected chi connectivity index (χ4v) is 7.80. The zero-order valence-corrected chi connectivity index (χ0v) is 17.9. The lowest BCUT2D eigenvalue weighted by Crippen LogP contribution is -1.90. The van der Waals surface area contributed by atoms with E-state index in [2.05, 4.69) is 83.4 Å². The van der Waals surface area contributed by atoms with E-state index < -0.39 is 0 Å². The van der Waals surface area contributed by atoms with Crippen LogP contribution in [0.15, 0.2) is 85.2 Å². The number of fused-ring (bicyclic) bond motifs is 14. The highest BCUT2D eigenvalue weighted by molar-refractivity contribution is 7.34. The molecule has 31 heavy (non-hydrogen) atoms. The summed E-state index contributed by atoms with van der Waals surface area (Å²) in [6.45, 7) is 0. The van der Waals surface area contributed by atoms with Gasteiger partial charge in [-0.1, -0.05) is 66.7 Å². The standard InChI is InChI=1S/C27H14N2S2/c1-2-7-21-15(5-1)17-9-10-19-20-12-11-18-16-6-3-4-8-22(16)30-25(18)26(20)31-24(19)23(17)29-14-13-28-27(21)29/h1-14H. The van der Waals surface area contributed by atoms with Gasteiger partial charge < -0.3 is 0 Å². The molecule has 0 bridgehead atoms. The van der Waals surface area contributed by atoms with Crippen molar-refractivity contribution in [1.82, 2.24) is 9.38 Å². The third kappa shape index (κ3) is 1.95. The van der Waals surface area contributed by atoms with E-state index in [4.69, 9.17) is 4.98 Å². The second-order valence-corrected chi connectivity index (χ2v) is 10.1. The van der Waals surface area contributed by atoms with Crippen molar-refractivity contribution in [2.75, 3.05) is 0 Å². The van der Waals surface area contributed by atoms with E-state index in [0.717, 1.165) is 5.65 Å². The van der Waals surface area contributed by atoms with Gasteiger partial charge in [-0.2, -0.15) is 0 Å². The third-order valence-corrected chi connectivity index (χ3v) is 9.05. The van der Waals surface area contributed by atoms with Crippen molar-refractivity contribution in [3.8, 4) is 0 Å². The number of pyridine rings is 1. The predicted octanol–water partition coefficient (Wildman–Crippen LogP) is 8.38. The van der Waals surface area contributed by atoms with E-state index in [1.165, 1.54) is 62.0 Å². The van der Waals surface area contributed by atoms with Gasteiger partial charge in [0.25, 0.3) is 0 Å². The molecular formula is C27H14N2S2. The Morgan fingerprint density at radius 2 is 1.19 bits per heavy atom. The highest BCUT2D eigenvalue weighted by Gasteiger charge is 2.17. The molecule has 0 saturated carbocycles. The Kier molecular flexibility index (Phi) is 2.94. The minimum Gasteiger partial charge on any atom is -0.298 e. The van der Waals surface area contributed by atoms with E-state index >= 15 is 0 Å². The lowest BCUT2D eigenvalue weighted by atomic mass is 10.0. The number of rotatable bonds is 0. The van der Waals surface area contributed by atoms with Crippen LogP contribution in [0.2, 0.25) is 0 Å². The second-order valence-electron chi connectivity index (χ2n) is 8.02. The van der Waals surface area contributed by atoms with Crippen LogP contribution in [-0.2, 0) is 0 Å². The Labute approximate surface area is 184 Å².